The maximum atomic E-state index is 12.4. The van der Waals surface area contributed by atoms with Crippen LogP contribution in [-0.4, -0.2) is 66.9 Å². The van der Waals surface area contributed by atoms with Crippen molar-refractivity contribution in [1.82, 2.24) is 20.4 Å². The van der Waals surface area contributed by atoms with Gasteiger partial charge in [0.1, 0.15) is 0 Å². The van der Waals surface area contributed by atoms with Crippen LogP contribution >= 0.6 is 0 Å². The Labute approximate surface area is 172 Å². The standard InChI is InChI=1S/C21H31N5O3/c1-2-8-22-19(27)15-25-9-11-26(12-10-25)21(29)23-14-16-4-3-5-18(13-16)24-20(28)17-6-7-17/h3-5,13,17H,2,6-12,14-15H2,1H3,(H,22,27)(H,23,29)(H,24,28). The van der Waals surface area contributed by atoms with Crippen LogP contribution in [0, 0.1) is 5.92 Å². The molecule has 2 fully saturated rings. The predicted octanol–water partition coefficient (Wildman–Crippen LogP) is 1.39. The largest absolute Gasteiger partial charge is 0.355 e. The highest BCUT2D eigenvalue weighted by Crippen LogP contribution is 2.30. The summed E-state index contributed by atoms with van der Waals surface area (Å²) in [6.45, 7) is 6.10. The van der Waals surface area contributed by atoms with Gasteiger partial charge < -0.3 is 20.9 Å². The van der Waals surface area contributed by atoms with E-state index in [1.807, 2.05) is 31.2 Å². The summed E-state index contributed by atoms with van der Waals surface area (Å²) in [5, 5.41) is 8.75. The molecule has 3 N–H and O–H groups in total. The number of nitrogens with zero attached hydrogens (tertiary/aromatic N) is 2. The van der Waals surface area contributed by atoms with Crippen LogP contribution in [0.2, 0.25) is 0 Å². The molecule has 0 aromatic heterocycles. The third-order valence-corrected chi connectivity index (χ3v) is 5.19. The summed E-state index contributed by atoms with van der Waals surface area (Å²) in [6, 6.07) is 7.47. The van der Waals surface area contributed by atoms with Gasteiger partial charge in [-0.15, -0.1) is 0 Å². The number of hydrogen-bond donors (Lipinski definition) is 3. The van der Waals surface area contributed by atoms with Gasteiger partial charge in [0.2, 0.25) is 11.8 Å². The normalized spacial score (nSPS) is 16.9. The van der Waals surface area contributed by atoms with Gasteiger partial charge in [-0.1, -0.05) is 19.1 Å². The lowest BCUT2D eigenvalue weighted by Crippen LogP contribution is -2.53. The molecule has 1 aromatic rings. The number of rotatable bonds is 8. The SMILES string of the molecule is CCCNC(=O)CN1CCN(C(=O)NCc2cccc(NC(=O)C3CC3)c2)CC1. The number of carbonyl (C=O) groups excluding carboxylic acids is 3. The number of piperazine rings is 1. The number of hydrogen-bond acceptors (Lipinski definition) is 4. The summed E-state index contributed by atoms with van der Waals surface area (Å²) in [5.74, 6) is 0.278. The Morgan fingerprint density at radius 1 is 1.07 bits per heavy atom. The molecule has 0 unspecified atom stereocenters. The van der Waals surface area contributed by atoms with Crippen LogP contribution in [0.3, 0.4) is 0 Å². The minimum atomic E-state index is -0.104. The first kappa shape index (κ1) is 21.1. The van der Waals surface area contributed by atoms with E-state index in [2.05, 4.69) is 20.9 Å². The minimum Gasteiger partial charge on any atom is -0.355 e. The Morgan fingerprint density at radius 2 is 1.83 bits per heavy atom. The van der Waals surface area contributed by atoms with E-state index in [1.165, 1.54) is 0 Å². The molecule has 1 aliphatic heterocycles. The zero-order valence-electron chi connectivity index (χ0n) is 17.1. The molecule has 158 valence electrons. The molecular formula is C21H31N5O3. The maximum absolute atomic E-state index is 12.4. The molecule has 1 saturated heterocycles. The topological polar surface area (TPSA) is 93.8 Å². The van der Waals surface area contributed by atoms with Crippen molar-refractivity contribution in [3.63, 3.8) is 0 Å². The Kier molecular flexibility index (Phi) is 7.46. The van der Waals surface area contributed by atoms with Gasteiger partial charge in [0.25, 0.3) is 0 Å². The van der Waals surface area contributed by atoms with Crippen LogP contribution in [0.5, 0.6) is 0 Å². The summed E-state index contributed by atoms with van der Waals surface area (Å²) in [4.78, 5) is 40.0. The number of nitrogens with one attached hydrogen (secondary N) is 3. The minimum absolute atomic E-state index is 0.0402. The number of benzene rings is 1. The second-order valence-electron chi connectivity index (χ2n) is 7.74. The van der Waals surface area contributed by atoms with Gasteiger partial charge in [-0.3, -0.25) is 14.5 Å². The van der Waals surface area contributed by atoms with E-state index in [9.17, 15) is 14.4 Å². The van der Waals surface area contributed by atoms with Crippen LogP contribution in [0.4, 0.5) is 10.5 Å². The summed E-state index contributed by atoms with van der Waals surface area (Å²) in [7, 11) is 0. The second kappa shape index (κ2) is 10.2. The van der Waals surface area contributed by atoms with Crippen LogP contribution in [0.1, 0.15) is 31.7 Å². The fourth-order valence-corrected chi connectivity index (χ4v) is 3.27. The van der Waals surface area contributed by atoms with Gasteiger partial charge in [0.15, 0.2) is 0 Å². The van der Waals surface area contributed by atoms with E-state index >= 15 is 0 Å². The highest BCUT2D eigenvalue weighted by molar-refractivity contribution is 5.94. The number of amides is 4. The Morgan fingerprint density at radius 3 is 2.52 bits per heavy atom. The lowest BCUT2D eigenvalue weighted by Gasteiger charge is -2.34. The van der Waals surface area contributed by atoms with E-state index in [4.69, 9.17) is 0 Å². The lowest BCUT2D eigenvalue weighted by molar-refractivity contribution is -0.122. The highest BCUT2D eigenvalue weighted by atomic mass is 16.2. The van der Waals surface area contributed by atoms with E-state index < -0.39 is 0 Å². The summed E-state index contributed by atoms with van der Waals surface area (Å²) < 4.78 is 0. The van der Waals surface area contributed by atoms with Crippen molar-refractivity contribution in [3.05, 3.63) is 29.8 Å². The summed E-state index contributed by atoms with van der Waals surface area (Å²) in [6.07, 6.45) is 2.87. The number of carbonyl (C=O) groups is 3. The Balaban J connectivity index is 1.39. The second-order valence-corrected chi connectivity index (χ2v) is 7.74. The van der Waals surface area contributed by atoms with Crippen LogP contribution < -0.4 is 16.0 Å². The lowest BCUT2D eigenvalue weighted by atomic mass is 10.2. The van der Waals surface area contributed by atoms with Gasteiger partial charge in [-0.2, -0.15) is 0 Å². The van der Waals surface area contributed by atoms with Crippen molar-refractivity contribution >= 4 is 23.5 Å². The first-order valence-corrected chi connectivity index (χ1v) is 10.5. The molecule has 4 amide bonds. The monoisotopic (exact) mass is 401 g/mol. The van der Waals surface area contributed by atoms with Crippen molar-refractivity contribution < 1.29 is 14.4 Å². The maximum Gasteiger partial charge on any atom is 0.317 e. The van der Waals surface area contributed by atoms with Crippen molar-refractivity contribution in [3.8, 4) is 0 Å². The zero-order chi connectivity index (χ0) is 20.6. The zero-order valence-corrected chi connectivity index (χ0v) is 17.1. The molecule has 0 radical (unpaired) electrons. The molecule has 0 spiro atoms. The molecule has 8 heteroatoms. The fourth-order valence-electron chi connectivity index (χ4n) is 3.27. The van der Waals surface area contributed by atoms with Crippen molar-refractivity contribution in [2.24, 2.45) is 5.92 Å². The highest BCUT2D eigenvalue weighted by Gasteiger charge is 2.29. The van der Waals surface area contributed by atoms with Gasteiger partial charge in [-0.25, -0.2) is 4.79 Å². The molecule has 1 saturated carbocycles. The fraction of sp³-hybridized carbons (Fsp3) is 0.571. The van der Waals surface area contributed by atoms with Gasteiger partial charge in [0.05, 0.1) is 6.54 Å². The quantitative estimate of drug-likeness (QED) is 0.614. The molecule has 1 aliphatic carbocycles. The molecule has 1 aromatic carbocycles. The molecule has 29 heavy (non-hydrogen) atoms. The van der Waals surface area contributed by atoms with Crippen LogP contribution in [0.25, 0.3) is 0 Å². The molecule has 3 rings (SSSR count). The van der Waals surface area contributed by atoms with Gasteiger partial charge in [0, 0.05) is 50.9 Å². The average molecular weight is 402 g/mol. The van der Waals surface area contributed by atoms with E-state index in [0.717, 1.165) is 30.5 Å². The first-order valence-electron chi connectivity index (χ1n) is 10.5. The van der Waals surface area contributed by atoms with Crippen LogP contribution in [-0.2, 0) is 16.1 Å². The Hall–Kier alpha value is -2.61. The van der Waals surface area contributed by atoms with E-state index in [0.29, 0.717) is 45.8 Å². The average Bonchev–Trinajstić information content (AvgIpc) is 3.57. The van der Waals surface area contributed by atoms with Crippen molar-refractivity contribution in [1.29, 1.82) is 0 Å². The van der Waals surface area contributed by atoms with Gasteiger partial charge >= 0.3 is 6.03 Å². The molecule has 0 bridgehead atoms. The molecule has 8 nitrogen and oxygen atoms in total. The molecule has 2 aliphatic rings. The first-order chi connectivity index (χ1) is 14.0. The third-order valence-electron chi connectivity index (χ3n) is 5.19. The van der Waals surface area contributed by atoms with E-state index in [1.54, 1.807) is 4.90 Å². The van der Waals surface area contributed by atoms with Crippen molar-refractivity contribution in [2.75, 3.05) is 44.6 Å². The number of urea groups is 1. The smallest absolute Gasteiger partial charge is 0.317 e. The van der Waals surface area contributed by atoms with Crippen LogP contribution in [0.15, 0.2) is 24.3 Å². The third kappa shape index (κ3) is 6.74. The molecular weight excluding hydrogens is 370 g/mol. The summed E-state index contributed by atoms with van der Waals surface area (Å²) in [5.41, 5.74) is 1.71. The predicted molar refractivity (Wildman–Crippen MR) is 111 cm³/mol. The molecule has 1 heterocycles. The van der Waals surface area contributed by atoms with E-state index in [-0.39, 0.29) is 23.8 Å². The molecule has 0 atom stereocenters. The van der Waals surface area contributed by atoms with Gasteiger partial charge in [-0.05, 0) is 37.0 Å². The Bertz CT molecular complexity index is 727. The number of anilines is 1. The summed E-state index contributed by atoms with van der Waals surface area (Å²) >= 11 is 0. The van der Waals surface area contributed by atoms with Crippen molar-refractivity contribution in [2.45, 2.75) is 32.7 Å².